The number of carboxylic acid groups (broad SMARTS) is 2. The Morgan fingerprint density at radius 2 is 1.09 bits per heavy atom. The Balaban J connectivity index is 1.50. The van der Waals surface area contributed by atoms with Crippen LogP contribution in [0.5, 0.6) is 0 Å². The number of aliphatic carboxylic acids is 2. The normalized spacial score (nSPS) is 46.2. The molecule has 0 aromatic carbocycles. The maximum atomic E-state index is 12.5. The predicted molar refractivity (Wildman–Crippen MR) is 123 cm³/mol. The smallest absolute Gasteiger partial charge is 0.315 e. The van der Waals surface area contributed by atoms with Gasteiger partial charge in [-0.3, -0.25) is 19.6 Å². The van der Waals surface area contributed by atoms with Crippen LogP contribution in [-0.2, 0) is 9.59 Å². The number of fused-ring (bicyclic) bond motifs is 4. The summed E-state index contributed by atoms with van der Waals surface area (Å²) >= 11 is 0. The molecule has 0 unspecified atom stereocenters. The zero-order valence-corrected chi connectivity index (χ0v) is 20.0. The van der Waals surface area contributed by atoms with Crippen molar-refractivity contribution in [3.05, 3.63) is 0 Å². The van der Waals surface area contributed by atoms with E-state index < -0.39 is 22.8 Å². The fourth-order valence-corrected chi connectivity index (χ4v) is 8.54. The van der Waals surface area contributed by atoms with Crippen molar-refractivity contribution in [1.29, 1.82) is 0 Å². The average Bonchev–Trinajstić information content (AvgIpc) is 3.30. The lowest BCUT2D eigenvalue weighted by Gasteiger charge is -2.37. The van der Waals surface area contributed by atoms with Crippen LogP contribution in [0.4, 0.5) is 0 Å². The van der Waals surface area contributed by atoms with Crippen molar-refractivity contribution in [3.63, 3.8) is 0 Å². The van der Waals surface area contributed by atoms with Crippen LogP contribution in [0.25, 0.3) is 0 Å². The molecule has 32 heavy (non-hydrogen) atoms. The van der Waals surface area contributed by atoms with Gasteiger partial charge in [-0.25, -0.2) is 0 Å². The summed E-state index contributed by atoms with van der Waals surface area (Å²) in [6.07, 6.45) is 8.85. The van der Waals surface area contributed by atoms with Gasteiger partial charge in [0.2, 0.25) is 0 Å². The molecule has 2 N–H and O–H groups in total. The zero-order chi connectivity index (χ0) is 23.1. The highest BCUT2D eigenvalue weighted by Crippen LogP contribution is 2.65. The van der Waals surface area contributed by atoms with Crippen LogP contribution in [0.1, 0.15) is 91.9 Å². The van der Waals surface area contributed by atoms with Gasteiger partial charge < -0.3 is 10.2 Å². The minimum Gasteiger partial charge on any atom is -0.481 e. The van der Waals surface area contributed by atoms with Crippen LogP contribution < -0.4 is 0 Å². The standard InChI is InChI=1S/C26H38N2O4/c1-23(2)15-9-11-25(23,21(29)30)19(13-15)27-17-7-5-6-8-18(17)28-20-14-16-10-12-26(20,22(31)32)24(16,3)4/h15-18H,5-14H2,1-4H3,(H,29,30)(H,31,32)/t15-,16-,17+,18+,25+,26+/m1/s1. The highest BCUT2D eigenvalue weighted by Gasteiger charge is 2.68. The molecule has 5 rings (SSSR count). The van der Waals surface area contributed by atoms with Gasteiger partial charge in [0.25, 0.3) is 0 Å². The third-order valence-corrected chi connectivity index (χ3v) is 10.9. The van der Waals surface area contributed by atoms with Crippen molar-refractivity contribution < 1.29 is 19.8 Å². The molecule has 6 nitrogen and oxygen atoms in total. The van der Waals surface area contributed by atoms with E-state index in [4.69, 9.17) is 9.98 Å². The molecule has 0 amide bonds. The zero-order valence-electron chi connectivity index (χ0n) is 20.0. The number of nitrogens with zero attached hydrogens (tertiary/aromatic N) is 2. The predicted octanol–water partition coefficient (Wildman–Crippen LogP) is 5.00. The maximum absolute atomic E-state index is 12.5. The number of hydrogen-bond acceptors (Lipinski definition) is 4. The molecule has 0 spiro atoms. The minimum atomic E-state index is -0.844. The van der Waals surface area contributed by atoms with Crippen LogP contribution in [0.2, 0.25) is 0 Å². The second kappa shape index (κ2) is 6.89. The fourth-order valence-electron chi connectivity index (χ4n) is 8.54. The van der Waals surface area contributed by atoms with Crippen LogP contribution in [0, 0.1) is 33.5 Å². The van der Waals surface area contributed by atoms with E-state index in [0.717, 1.165) is 62.8 Å². The molecule has 0 radical (unpaired) electrons. The summed E-state index contributed by atoms with van der Waals surface area (Å²) < 4.78 is 0. The molecule has 5 fully saturated rings. The van der Waals surface area contributed by atoms with Gasteiger partial charge in [0.1, 0.15) is 10.8 Å². The molecule has 0 saturated heterocycles. The highest BCUT2D eigenvalue weighted by molar-refractivity contribution is 6.10. The van der Waals surface area contributed by atoms with Crippen molar-refractivity contribution >= 4 is 23.4 Å². The lowest BCUT2D eigenvalue weighted by atomic mass is 9.68. The molecule has 0 aliphatic heterocycles. The van der Waals surface area contributed by atoms with Gasteiger partial charge in [0, 0.05) is 11.4 Å². The van der Waals surface area contributed by atoms with Crippen molar-refractivity contribution in [1.82, 2.24) is 0 Å². The molecular weight excluding hydrogens is 404 g/mol. The SMILES string of the molecule is CC1(C)[C@@H]2CC[C@@]1(C(=O)O)C(=N[C@H]1CCCC[C@@H]1N=C1C[C@H]3CC[C@]1(C(=O)O)C3(C)C)C2. The van der Waals surface area contributed by atoms with Crippen LogP contribution in [0.3, 0.4) is 0 Å². The summed E-state index contributed by atoms with van der Waals surface area (Å²) in [6.45, 7) is 8.42. The molecule has 0 aromatic rings. The van der Waals surface area contributed by atoms with Gasteiger partial charge in [-0.05, 0) is 74.0 Å². The van der Waals surface area contributed by atoms with E-state index in [0.29, 0.717) is 24.7 Å². The minimum absolute atomic E-state index is 0.0225. The maximum Gasteiger partial charge on any atom is 0.315 e. The topological polar surface area (TPSA) is 99.3 Å². The third kappa shape index (κ3) is 2.53. The van der Waals surface area contributed by atoms with Crippen molar-refractivity contribution in [3.8, 4) is 0 Å². The summed E-state index contributed by atoms with van der Waals surface area (Å²) in [5.74, 6) is -0.682. The lowest BCUT2D eigenvalue weighted by molar-refractivity contribution is -0.149. The quantitative estimate of drug-likeness (QED) is 0.640. The van der Waals surface area contributed by atoms with E-state index >= 15 is 0 Å². The Morgan fingerprint density at radius 3 is 1.41 bits per heavy atom. The first-order valence-electron chi connectivity index (χ1n) is 12.6. The van der Waals surface area contributed by atoms with Gasteiger partial charge in [0.15, 0.2) is 0 Å². The van der Waals surface area contributed by atoms with E-state index in [-0.39, 0.29) is 22.9 Å². The molecule has 5 aliphatic rings. The molecule has 6 heteroatoms. The van der Waals surface area contributed by atoms with Gasteiger partial charge in [0.05, 0.1) is 12.1 Å². The summed E-state index contributed by atoms with van der Waals surface area (Å²) in [5, 5.41) is 20.5. The van der Waals surface area contributed by atoms with Crippen molar-refractivity contribution in [2.45, 2.75) is 104 Å². The van der Waals surface area contributed by atoms with Crippen LogP contribution in [0.15, 0.2) is 9.98 Å². The molecule has 0 aromatic heterocycles. The lowest BCUT2D eigenvalue weighted by Crippen LogP contribution is -2.45. The second-order valence-corrected chi connectivity index (χ2v) is 12.3. The Bertz CT molecular complexity index is 845. The highest BCUT2D eigenvalue weighted by atomic mass is 16.4. The largest absolute Gasteiger partial charge is 0.481 e. The summed E-state index contributed by atoms with van der Waals surface area (Å²) in [5.41, 5.74) is -0.465. The van der Waals surface area contributed by atoms with Gasteiger partial charge in [-0.1, -0.05) is 40.5 Å². The summed E-state index contributed by atoms with van der Waals surface area (Å²) in [7, 11) is 0. The van der Waals surface area contributed by atoms with Crippen LogP contribution in [-0.4, -0.2) is 45.7 Å². The second-order valence-electron chi connectivity index (χ2n) is 12.3. The number of carbonyl (C=O) groups is 2. The Morgan fingerprint density at radius 1 is 0.719 bits per heavy atom. The molecule has 0 heterocycles. The monoisotopic (exact) mass is 442 g/mol. The van der Waals surface area contributed by atoms with Crippen molar-refractivity contribution in [2.75, 3.05) is 0 Å². The van der Waals surface area contributed by atoms with E-state index in [1.165, 1.54) is 0 Å². The number of rotatable bonds is 4. The van der Waals surface area contributed by atoms with E-state index in [2.05, 4.69) is 27.7 Å². The van der Waals surface area contributed by atoms with E-state index in [1.807, 2.05) is 0 Å². The Labute approximate surface area is 191 Å². The van der Waals surface area contributed by atoms with Gasteiger partial charge in [-0.2, -0.15) is 0 Å². The summed E-state index contributed by atoms with van der Waals surface area (Å²) in [4.78, 5) is 35.4. The number of aliphatic imine (C=N–C) groups is 2. The first-order valence-corrected chi connectivity index (χ1v) is 12.6. The summed E-state index contributed by atoms with van der Waals surface area (Å²) in [6, 6.07) is -0.0450. The number of hydrogen-bond donors (Lipinski definition) is 2. The first kappa shape index (κ1) is 22.1. The average molecular weight is 443 g/mol. The molecular formula is C26H38N2O4. The Kier molecular flexibility index (Phi) is 4.76. The fraction of sp³-hybridized carbons (Fsp3) is 0.846. The van der Waals surface area contributed by atoms with Crippen molar-refractivity contribution in [2.24, 2.45) is 43.5 Å². The molecule has 5 aliphatic carbocycles. The Hall–Kier alpha value is -1.72. The van der Waals surface area contributed by atoms with Gasteiger partial charge in [-0.15, -0.1) is 0 Å². The van der Waals surface area contributed by atoms with E-state index in [1.54, 1.807) is 0 Å². The van der Waals surface area contributed by atoms with Crippen LogP contribution >= 0.6 is 0 Å². The molecule has 4 bridgehead atoms. The number of carboxylic acids is 2. The molecule has 5 saturated carbocycles. The molecule has 176 valence electrons. The van der Waals surface area contributed by atoms with E-state index in [9.17, 15) is 19.8 Å². The third-order valence-electron chi connectivity index (χ3n) is 10.9. The van der Waals surface area contributed by atoms with Gasteiger partial charge >= 0.3 is 11.9 Å². The molecule has 6 atom stereocenters. The first-order chi connectivity index (χ1) is 15.0.